The van der Waals surface area contributed by atoms with Gasteiger partial charge in [-0.1, -0.05) is 24.3 Å². The quantitative estimate of drug-likeness (QED) is 0.197. The molecule has 4 atom stereocenters. The van der Waals surface area contributed by atoms with Crippen molar-refractivity contribution in [3.63, 3.8) is 0 Å². The number of carbonyl (C=O) groups is 3. The van der Waals surface area contributed by atoms with Crippen molar-refractivity contribution in [2.75, 3.05) is 21.2 Å². The molecule has 2 unspecified atom stereocenters. The molecular formula is C36H36FN3O8. The number of phenols is 1. The minimum atomic E-state index is -2.71. The molecule has 12 heteroatoms. The van der Waals surface area contributed by atoms with Gasteiger partial charge in [-0.05, 0) is 85.4 Å². The Hall–Kier alpha value is -5.04. The van der Waals surface area contributed by atoms with Crippen LogP contribution in [0, 0.1) is 17.7 Å². The number of fused-ring (bicyclic) bond motifs is 3. The number of amides is 1. The molecule has 0 saturated heterocycles. The molecule has 1 fully saturated rings. The number of hydrogen-bond donors (Lipinski definition) is 6. The Bertz CT molecular complexity index is 1940. The summed E-state index contributed by atoms with van der Waals surface area (Å²) in [6.07, 6.45) is 0.103. The van der Waals surface area contributed by atoms with Crippen LogP contribution in [0.4, 0.5) is 4.39 Å². The SMILES string of the molecule is COc1ccc(CNCc2cccc(F)c2)cc1-c1ccc(O)c2c1CC1CC3[C@H](N(C)C)C(=O)C(C(N)=O)=C(O)[C@@]3(O)C(=O)C1=C2O. The Morgan fingerprint density at radius 2 is 1.75 bits per heavy atom. The summed E-state index contributed by atoms with van der Waals surface area (Å²) in [4.78, 5) is 41.2. The number of carbonyl (C=O) groups excluding carboxylic acids is 3. The minimum Gasteiger partial charge on any atom is -0.508 e. The number of aromatic hydroxyl groups is 1. The molecule has 3 aliphatic carbocycles. The molecule has 11 nitrogen and oxygen atoms in total. The van der Waals surface area contributed by atoms with E-state index in [1.54, 1.807) is 32.3 Å². The van der Waals surface area contributed by atoms with Crippen LogP contribution in [0.25, 0.3) is 16.9 Å². The summed E-state index contributed by atoms with van der Waals surface area (Å²) >= 11 is 0. The van der Waals surface area contributed by atoms with Crippen molar-refractivity contribution in [3.05, 3.63) is 99.6 Å². The number of aliphatic hydroxyl groups is 3. The summed E-state index contributed by atoms with van der Waals surface area (Å²) in [5.41, 5.74) is 5.04. The van der Waals surface area contributed by atoms with E-state index in [0.29, 0.717) is 35.5 Å². The second-order valence-electron chi connectivity index (χ2n) is 12.7. The standard InChI is InChI=1S/C36H36FN3O8/c1-40(2)30-24-14-19-13-23-21(22-12-18(7-10-26(22)48-3)16-39-15-17-5-4-6-20(37)11-17)8-9-25(41)28(23)31(42)27(19)33(44)36(24,47)34(45)29(32(30)43)35(38)46/h4-12,19,24,30,39,41-42,45,47H,13-16H2,1-3H3,(H2,38,46)/t19?,24?,30-,36-/m0/s1. The summed E-state index contributed by atoms with van der Waals surface area (Å²) in [5, 5.41) is 48.9. The van der Waals surface area contributed by atoms with Gasteiger partial charge in [-0.15, -0.1) is 0 Å². The molecule has 0 bridgehead atoms. The fraction of sp³-hybridized carbons (Fsp3) is 0.306. The molecule has 48 heavy (non-hydrogen) atoms. The first-order chi connectivity index (χ1) is 22.8. The van der Waals surface area contributed by atoms with Gasteiger partial charge in [0, 0.05) is 30.1 Å². The molecule has 0 aromatic heterocycles. The van der Waals surface area contributed by atoms with Crippen LogP contribution in [0.2, 0.25) is 0 Å². The molecule has 250 valence electrons. The van der Waals surface area contributed by atoms with Crippen LogP contribution in [0.5, 0.6) is 11.5 Å². The van der Waals surface area contributed by atoms with Gasteiger partial charge < -0.3 is 36.2 Å². The van der Waals surface area contributed by atoms with E-state index >= 15 is 0 Å². The average molecular weight is 658 g/mol. The van der Waals surface area contributed by atoms with Gasteiger partial charge in [0.1, 0.15) is 34.4 Å². The van der Waals surface area contributed by atoms with Crippen LogP contribution in [0.3, 0.4) is 0 Å². The number of nitrogens with zero attached hydrogens (tertiary/aromatic N) is 1. The summed E-state index contributed by atoms with van der Waals surface area (Å²) in [6, 6.07) is 13.8. The van der Waals surface area contributed by atoms with Gasteiger partial charge in [-0.25, -0.2) is 4.39 Å². The number of nitrogens with one attached hydrogen (secondary N) is 1. The molecule has 1 amide bonds. The molecule has 1 saturated carbocycles. The molecule has 7 N–H and O–H groups in total. The Balaban J connectivity index is 1.43. The van der Waals surface area contributed by atoms with Crippen molar-refractivity contribution < 1.29 is 43.9 Å². The Labute approximate surface area is 275 Å². The van der Waals surface area contributed by atoms with Crippen LogP contribution < -0.4 is 15.8 Å². The van der Waals surface area contributed by atoms with E-state index in [2.05, 4.69) is 5.32 Å². The van der Waals surface area contributed by atoms with Gasteiger partial charge in [-0.3, -0.25) is 19.3 Å². The van der Waals surface area contributed by atoms with Gasteiger partial charge in [0.25, 0.3) is 5.91 Å². The number of nitrogens with two attached hydrogens (primary N) is 1. The third kappa shape index (κ3) is 5.13. The van der Waals surface area contributed by atoms with Crippen molar-refractivity contribution in [2.24, 2.45) is 17.6 Å². The fourth-order valence-corrected chi connectivity index (χ4v) is 7.57. The third-order valence-electron chi connectivity index (χ3n) is 9.71. The van der Waals surface area contributed by atoms with Gasteiger partial charge in [0.2, 0.25) is 5.78 Å². The summed E-state index contributed by atoms with van der Waals surface area (Å²) in [6.45, 7) is 0.866. The van der Waals surface area contributed by atoms with Crippen LogP contribution in [0.15, 0.2) is 71.5 Å². The molecule has 0 aliphatic heterocycles. The minimum absolute atomic E-state index is 0.0134. The highest BCUT2D eigenvalue weighted by atomic mass is 19.1. The molecule has 0 heterocycles. The monoisotopic (exact) mass is 657 g/mol. The number of methoxy groups -OCH3 is 1. The molecule has 3 aromatic carbocycles. The number of hydrogen-bond acceptors (Lipinski definition) is 10. The van der Waals surface area contributed by atoms with Crippen LogP contribution in [-0.4, -0.2) is 75.6 Å². The van der Waals surface area contributed by atoms with Crippen molar-refractivity contribution >= 4 is 23.2 Å². The van der Waals surface area contributed by atoms with Gasteiger partial charge in [0.15, 0.2) is 11.4 Å². The lowest BCUT2D eigenvalue weighted by Crippen LogP contribution is -2.65. The summed E-state index contributed by atoms with van der Waals surface area (Å²) in [5.74, 6) is -6.91. The second kappa shape index (κ2) is 12.2. The first-order valence-electron chi connectivity index (χ1n) is 15.4. The van der Waals surface area contributed by atoms with E-state index < -0.39 is 58.0 Å². The first-order valence-corrected chi connectivity index (χ1v) is 15.4. The molecule has 3 aliphatic rings. The average Bonchev–Trinajstić information content (AvgIpc) is 3.02. The number of phenolic OH excluding ortho intramolecular Hbond substituents is 1. The molecule has 6 rings (SSSR count). The van der Waals surface area contributed by atoms with E-state index in [1.165, 1.54) is 30.2 Å². The van der Waals surface area contributed by atoms with Crippen LogP contribution in [-0.2, 0) is 33.9 Å². The van der Waals surface area contributed by atoms with Crippen molar-refractivity contribution in [1.29, 1.82) is 0 Å². The number of primary amides is 1. The predicted molar refractivity (Wildman–Crippen MR) is 173 cm³/mol. The number of aliphatic hydroxyl groups excluding tert-OH is 2. The zero-order valence-corrected chi connectivity index (χ0v) is 26.6. The largest absolute Gasteiger partial charge is 0.508 e. The second-order valence-corrected chi connectivity index (χ2v) is 12.7. The molecule has 3 aromatic rings. The zero-order valence-electron chi connectivity index (χ0n) is 26.6. The Kier molecular flexibility index (Phi) is 8.36. The van der Waals surface area contributed by atoms with Gasteiger partial charge >= 0.3 is 0 Å². The predicted octanol–water partition coefficient (Wildman–Crippen LogP) is 3.07. The lowest BCUT2D eigenvalue weighted by atomic mass is 9.57. The maximum Gasteiger partial charge on any atom is 0.255 e. The highest BCUT2D eigenvalue weighted by Crippen LogP contribution is 2.54. The molecular weight excluding hydrogens is 621 g/mol. The van der Waals surface area contributed by atoms with Crippen LogP contribution in [0.1, 0.15) is 28.7 Å². The number of rotatable bonds is 8. The maximum atomic E-state index is 14.1. The van der Waals surface area contributed by atoms with Crippen molar-refractivity contribution in [3.8, 4) is 22.6 Å². The lowest BCUT2D eigenvalue weighted by molar-refractivity contribution is -0.153. The normalized spacial score (nSPS) is 23.6. The number of ketones is 2. The smallest absolute Gasteiger partial charge is 0.255 e. The van der Waals surface area contributed by atoms with E-state index in [1.807, 2.05) is 18.2 Å². The Morgan fingerprint density at radius 1 is 1.04 bits per heavy atom. The summed E-state index contributed by atoms with van der Waals surface area (Å²) in [7, 11) is 4.62. The van der Waals surface area contributed by atoms with E-state index in [-0.39, 0.29) is 35.5 Å². The first kappa shape index (κ1) is 32.9. The third-order valence-corrected chi connectivity index (χ3v) is 9.71. The number of Topliss-reactive ketones (excluding diaryl/α,β-unsaturated/α-hetero) is 2. The highest BCUT2D eigenvalue weighted by Gasteiger charge is 2.64. The van der Waals surface area contributed by atoms with Crippen molar-refractivity contribution in [1.82, 2.24) is 10.2 Å². The van der Waals surface area contributed by atoms with Gasteiger partial charge in [-0.2, -0.15) is 0 Å². The highest BCUT2D eigenvalue weighted by molar-refractivity contribution is 6.24. The number of halogens is 1. The molecule has 0 spiro atoms. The Morgan fingerprint density at radius 3 is 2.40 bits per heavy atom. The number of benzene rings is 3. The van der Waals surface area contributed by atoms with Gasteiger partial charge in [0.05, 0.1) is 18.7 Å². The van der Waals surface area contributed by atoms with Crippen molar-refractivity contribution in [2.45, 2.75) is 37.6 Å². The molecule has 0 radical (unpaired) electrons. The lowest BCUT2D eigenvalue weighted by Gasteiger charge is -2.50. The van der Waals surface area contributed by atoms with E-state index in [4.69, 9.17) is 10.5 Å². The van der Waals surface area contributed by atoms with Crippen LogP contribution >= 0.6 is 0 Å². The maximum absolute atomic E-state index is 14.1. The topological polar surface area (TPSA) is 183 Å². The zero-order chi connectivity index (χ0) is 34.7. The van der Waals surface area contributed by atoms with E-state index in [0.717, 1.165) is 11.1 Å². The van der Waals surface area contributed by atoms with E-state index in [9.17, 15) is 39.2 Å². The fourth-order valence-electron chi connectivity index (χ4n) is 7.57. The number of likely N-dealkylation sites (N-methyl/N-ethyl adjacent to an activating group) is 1. The summed E-state index contributed by atoms with van der Waals surface area (Å²) < 4.78 is 19.3. The number of ether oxygens (including phenoxy) is 1.